The van der Waals surface area contributed by atoms with Gasteiger partial charge in [0, 0.05) is 22.4 Å². The van der Waals surface area contributed by atoms with Crippen LogP contribution in [0.2, 0.25) is 0 Å². The van der Waals surface area contributed by atoms with Gasteiger partial charge >= 0.3 is 0 Å². The van der Waals surface area contributed by atoms with Gasteiger partial charge in [-0.1, -0.05) is 0 Å². The van der Waals surface area contributed by atoms with Crippen molar-refractivity contribution >= 4 is 16.5 Å². The molecule has 0 amide bonds. The first-order valence-corrected chi connectivity index (χ1v) is 6.77. The largest absolute Gasteiger partial charge is 0.375 e. The number of hydrogen-bond acceptors (Lipinski definition) is 3. The van der Waals surface area contributed by atoms with Gasteiger partial charge in [0.1, 0.15) is 5.82 Å². The highest BCUT2D eigenvalue weighted by Crippen LogP contribution is 2.42. The molecule has 6 heteroatoms. The fourth-order valence-electron chi connectivity index (χ4n) is 2.56. The van der Waals surface area contributed by atoms with Gasteiger partial charge in [0.2, 0.25) is 0 Å². The zero-order chi connectivity index (χ0) is 13.6. The van der Waals surface area contributed by atoms with Crippen molar-refractivity contribution in [3.05, 3.63) is 45.7 Å². The molecule has 1 aromatic carbocycles. The normalized spacial score (nSPS) is 18.4. The second-order valence-electron chi connectivity index (χ2n) is 4.60. The molecule has 2 aromatic rings. The Hall–Kier alpha value is -1.56. The van der Waals surface area contributed by atoms with Crippen LogP contribution < -0.4 is 5.73 Å². The molecule has 1 aromatic heterocycles. The Balaban J connectivity index is 2.13. The number of nitrogens with zero attached hydrogens (tertiary/aromatic N) is 1. The summed E-state index contributed by atoms with van der Waals surface area (Å²) in [6.07, 6.45) is 2.23. The predicted octanol–water partition coefficient (Wildman–Crippen LogP) is 3.61. The summed E-state index contributed by atoms with van der Waals surface area (Å²) in [6, 6.07) is 1.62. The van der Waals surface area contributed by atoms with Crippen molar-refractivity contribution in [1.29, 1.82) is 0 Å². The molecule has 0 spiro atoms. The number of aromatic nitrogens is 1. The molecular weight excluding hydrogens is 273 g/mol. The Morgan fingerprint density at radius 3 is 2.84 bits per heavy atom. The van der Waals surface area contributed by atoms with E-state index in [9.17, 15) is 13.2 Å². The van der Waals surface area contributed by atoms with E-state index in [1.54, 1.807) is 0 Å². The van der Waals surface area contributed by atoms with E-state index < -0.39 is 17.5 Å². The molecule has 1 unspecified atom stereocenters. The summed E-state index contributed by atoms with van der Waals surface area (Å²) in [4.78, 5) is 5.01. The van der Waals surface area contributed by atoms with Crippen molar-refractivity contribution < 1.29 is 13.2 Å². The fourth-order valence-corrected chi connectivity index (χ4v) is 3.60. The number of rotatable bonds is 1. The SMILES string of the molecule is Nc1nc2c(s1)C(c1cc(F)cc(F)c1F)CCC2. The lowest BCUT2D eigenvalue weighted by atomic mass is 9.86. The van der Waals surface area contributed by atoms with E-state index in [2.05, 4.69) is 4.98 Å². The summed E-state index contributed by atoms with van der Waals surface area (Å²) in [5, 5.41) is 0.411. The number of aryl methyl sites for hydroxylation is 1. The Kier molecular flexibility index (Phi) is 2.97. The van der Waals surface area contributed by atoms with Crippen molar-refractivity contribution in [2.45, 2.75) is 25.2 Å². The van der Waals surface area contributed by atoms with E-state index in [0.29, 0.717) is 17.6 Å². The Morgan fingerprint density at radius 1 is 1.26 bits per heavy atom. The minimum absolute atomic E-state index is 0.0575. The molecule has 0 fully saturated rings. The highest BCUT2D eigenvalue weighted by molar-refractivity contribution is 7.15. The van der Waals surface area contributed by atoms with Crippen molar-refractivity contribution in [2.75, 3.05) is 5.73 Å². The maximum atomic E-state index is 13.9. The van der Waals surface area contributed by atoms with Crippen LogP contribution in [-0.4, -0.2) is 4.98 Å². The molecule has 0 aliphatic heterocycles. The minimum Gasteiger partial charge on any atom is -0.375 e. The number of thiazole rings is 1. The van der Waals surface area contributed by atoms with Crippen LogP contribution >= 0.6 is 11.3 Å². The maximum Gasteiger partial charge on any atom is 0.180 e. The topological polar surface area (TPSA) is 38.9 Å². The first-order valence-electron chi connectivity index (χ1n) is 5.95. The van der Waals surface area contributed by atoms with Gasteiger partial charge < -0.3 is 5.73 Å². The lowest BCUT2D eigenvalue weighted by Gasteiger charge is -2.22. The van der Waals surface area contributed by atoms with Gasteiger partial charge in [0.15, 0.2) is 16.8 Å². The average molecular weight is 284 g/mol. The molecule has 19 heavy (non-hydrogen) atoms. The van der Waals surface area contributed by atoms with Crippen LogP contribution in [0.15, 0.2) is 12.1 Å². The number of nitrogen functional groups attached to an aromatic ring is 1. The van der Waals surface area contributed by atoms with Gasteiger partial charge in [-0.05, 0) is 25.3 Å². The number of fused-ring (bicyclic) bond motifs is 1. The summed E-state index contributed by atoms with van der Waals surface area (Å²) < 4.78 is 40.5. The fraction of sp³-hybridized carbons (Fsp3) is 0.308. The van der Waals surface area contributed by atoms with Crippen molar-refractivity contribution in [3.8, 4) is 0 Å². The van der Waals surface area contributed by atoms with Crippen LogP contribution in [-0.2, 0) is 6.42 Å². The van der Waals surface area contributed by atoms with Crippen LogP contribution in [0.25, 0.3) is 0 Å². The predicted molar refractivity (Wildman–Crippen MR) is 67.6 cm³/mol. The Bertz CT molecular complexity index is 639. The van der Waals surface area contributed by atoms with Gasteiger partial charge in [0.05, 0.1) is 5.69 Å². The highest BCUT2D eigenvalue weighted by Gasteiger charge is 2.29. The number of anilines is 1. The first-order chi connectivity index (χ1) is 9.06. The Morgan fingerprint density at radius 2 is 2.05 bits per heavy atom. The first kappa shape index (κ1) is 12.5. The molecule has 0 radical (unpaired) electrons. The maximum absolute atomic E-state index is 13.9. The van der Waals surface area contributed by atoms with E-state index in [-0.39, 0.29) is 11.5 Å². The lowest BCUT2D eigenvalue weighted by Crippen LogP contribution is -2.12. The molecule has 0 bridgehead atoms. The summed E-state index contributed by atoms with van der Waals surface area (Å²) >= 11 is 1.27. The molecule has 0 saturated carbocycles. The molecule has 1 aliphatic rings. The molecule has 1 aliphatic carbocycles. The molecule has 2 N–H and O–H groups in total. The van der Waals surface area contributed by atoms with Crippen LogP contribution in [0.1, 0.15) is 34.9 Å². The van der Waals surface area contributed by atoms with Gasteiger partial charge in [-0.15, -0.1) is 11.3 Å². The third-order valence-electron chi connectivity index (χ3n) is 3.36. The second kappa shape index (κ2) is 4.52. The van der Waals surface area contributed by atoms with E-state index in [1.165, 1.54) is 11.3 Å². The van der Waals surface area contributed by atoms with Crippen LogP contribution in [0, 0.1) is 17.5 Å². The standard InChI is InChI=1S/C13H11F3N2S/c14-6-4-8(11(16)9(15)5-6)7-2-1-3-10-12(7)19-13(17)18-10/h4-5,7H,1-3H2,(H2,17,18). The van der Waals surface area contributed by atoms with Crippen molar-refractivity contribution in [2.24, 2.45) is 0 Å². The van der Waals surface area contributed by atoms with E-state index in [0.717, 1.165) is 29.5 Å². The van der Waals surface area contributed by atoms with Crippen LogP contribution in [0.3, 0.4) is 0 Å². The number of hydrogen-bond donors (Lipinski definition) is 1. The van der Waals surface area contributed by atoms with Gasteiger partial charge in [0.25, 0.3) is 0 Å². The third-order valence-corrected chi connectivity index (χ3v) is 4.40. The monoisotopic (exact) mass is 284 g/mol. The second-order valence-corrected chi connectivity index (χ2v) is 5.66. The average Bonchev–Trinajstić information content (AvgIpc) is 2.73. The highest BCUT2D eigenvalue weighted by atomic mass is 32.1. The molecule has 0 saturated heterocycles. The zero-order valence-corrected chi connectivity index (χ0v) is 10.7. The molecular formula is C13H11F3N2S. The van der Waals surface area contributed by atoms with E-state index >= 15 is 0 Å². The van der Waals surface area contributed by atoms with E-state index in [1.807, 2.05) is 0 Å². The Labute approximate surface area is 112 Å². The number of benzene rings is 1. The summed E-state index contributed by atoms with van der Waals surface area (Å²) in [5.41, 5.74) is 6.54. The number of nitrogens with two attached hydrogens (primary N) is 1. The molecule has 3 rings (SSSR count). The van der Waals surface area contributed by atoms with E-state index in [4.69, 9.17) is 5.73 Å². The molecule has 100 valence electrons. The molecule has 1 atom stereocenters. The number of halogens is 3. The van der Waals surface area contributed by atoms with Crippen molar-refractivity contribution in [3.63, 3.8) is 0 Å². The smallest absolute Gasteiger partial charge is 0.180 e. The van der Waals surface area contributed by atoms with Crippen molar-refractivity contribution in [1.82, 2.24) is 4.98 Å². The summed E-state index contributed by atoms with van der Waals surface area (Å²) in [6.45, 7) is 0. The summed E-state index contributed by atoms with van der Waals surface area (Å²) in [7, 11) is 0. The minimum atomic E-state index is -1.15. The quantitative estimate of drug-likeness (QED) is 0.812. The third kappa shape index (κ3) is 2.10. The van der Waals surface area contributed by atoms with Gasteiger partial charge in [-0.3, -0.25) is 0 Å². The summed E-state index contributed by atoms with van der Waals surface area (Å²) in [5.74, 6) is -3.26. The van der Waals surface area contributed by atoms with Crippen LogP contribution in [0.4, 0.5) is 18.3 Å². The lowest BCUT2D eigenvalue weighted by molar-refractivity contribution is 0.472. The van der Waals surface area contributed by atoms with Gasteiger partial charge in [-0.25, -0.2) is 18.2 Å². The van der Waals surface area contributed by atoms with Gasteiger partial charge in [-0.2, -0.15) is 0 Å². The zero-order valence-electron chi connectivity index (χ0n) is 9.92. The molecule has 2 nitrogen and oxygen atoms in total. The van der Waals surface area contributed by atoms with Crippen LogP contribution in [0.5, 0.6) is 0 Å². The molecule has 1 heterocycles.